The van der Waals surface area contributed by atoms with Crippen LogP contribution in [0.4, 0.5) is 18.0 Å². The maximum atomic E-state index is 12.8. The zero-order chi connectivity index (χ0) is 14.0. The molecule has 1 saturated heterocycles. The highest BCUT2D eigenvalue weighted by Gasteiger charge is 2.64. The molecule has 0 bridgehead atoms. The van der Waals surface area contributed by atoms with Gasteiger partial charge in [-0.25, -0.2) is 4.79 Å². The molecule has 0 aromatic carbocycles. The van der Waals surface area contributed by atoms with Crippen LogP contribution < -0.4 is 5.32 Å². The van der Waals surface area contributed by atoms with Gasteiger partial charge in [0.1, 0.15) is 0 Å². The topological polar surface area (TPSA) is 69.6 Å². The number of hydrogen-bond acceptors (Lipinski definition) is 2. The van der Waals surface area contributed by atoms with Crippen molar-refractivity contribution in [1.29, 1.82) is 0 Å². The van der Waals surface area contributed by atoms with Gasteiger partial charge in [-0.15, -0.1) is 6.42 Å². The maximum absolute atomic E-state index is 12.8. The molecule has 1 atom stereocenters. The van der Waals surface area contributed by atoms with E-state index in [9.17, 15) is 22.8 Å². The Morgan fingerprint density at radius 3 is 2.50 bits per heavy atom. The molecular formula is C10H11F3N2O3. The Bertz CT molecular complexity index is 402. The molecule has 2 N–H and O–H groups in total. The summed E-state index contributed by atoms with van der Waals surface area (Å²) in [5, 5.41) is 11.0. The average molecular weight is 264 g/mol. The van der Waals surface area contributed by atoms with Crippen LogP contribution in [0, 0.1) is 17.8 Å². The van der Waals surface area contributed by atoms with Crippen molar-refractivity contribution in [3.8, 4) is 12.3 Å². The number of amides is 2. The smallest absolute Gasteiger partial charge is 0.406 e. The number of nitrogens with one attached hydrogen (secondary N) is 1. The fraction of sp³-hybridized carbons (Fsp3) is 0.600. The first kappa shape index (κ1) is 14.2. The van der Waals surface area contributed by atoms with Crippen LogP contribution in [0.3, 0.4) is 0 Å². The lowest BCUT2D eigenvalue weighted by Crippen LogP contribution is -2.49. The Labute approximate surface area is 101 Å². The molecule has 0 aromatic heterocycles. The molecule has 1 aliphatic rings. The van der Waals surface area contributed by atoms with Crippen molar-refractivity contribution in [3.05, 3.63) is 0 Å². The fourth-order valence-corrected chi connectivity index (χ4v) is 1.75. The van der Waals surface area contributed by atoms with E-state index in [0.29, 0.717) is 0 Å². The molecule has 0 radical (unpaired) electrons. The zero-order valence-electron chi connectivity index (χ0n) is 9.25. The Kier molecular flexibility index (Phi) is 3.74. The van der Waals surface area contributed by atoms with Crippen LogP contribution >= 0.6 is 0 Å². The lowest BCUT2D eigenvalue weighted by Gasteiger charge is -2.27. The third-order valence-electron chi connectivity index (χ3n) is 2.85. The van der Waals surface area contributed by atoms with E-state index in [2.05, 4.69) is 11.2 Å². The Morgan fingerprint density at radius 1 is 1.50 bits per heavy atom. The van der Waals surface area contributed by atoms with E-state index >= 15 is 0 Å². The SMILES string of the molecule is C#CCNC(=O)N1CCC(C(=O)O)(C(F)(F)F)C1. The van der Waals surface area contributed by atoms with Crippen LogP contribution in [0.5, 0.6) is 0 Å². The summed E-state index contributed by atoms with van der Waals surface area (Å²) >= 11 is 0. The van der Waals surface area contributed by atoms with Crippen LogP contribution in [-0.4, -0.2) is 47.8 Å². The predicted octanol–water partition coefficient (Wildman–Crippen LogP) is 0.668. The van der Waals surface area contributed by atoms with Crippen molar-refractivity contribution in [2.24, 2.45) is 5.41 Å². The van der Waals surface area contributed by atoms with Gasteiger partial charge in [0.05, 0.1) is 6.54 Å². The molecule has 1 heterocycles. The second kappa shape index (κ2) is 4.76. The van der Waals surface area contributed by atoms with Gasteiger partial charge in [0.2, 0.25) is 0 Å². The number of carboxylic acid groups (broad SMARTS) is 1. The minimum Gasteiger partial charge on any atom is -0.481 e. The van der Waals surface area contributed by atoms with Crippen LogP contribution in [-0.2, 0) is 4.79 Å². The van der Waals surface area contributed by atoms with Crippen molar-refractivity contribution in [2.75, 3.05) is 19.6 Å². The summed E-state index contributed by atoms with van der Waals surface area (Å²) in [6, 6.07) is -0.791. The molecule has 5 nitrogen and oxygen atoms in total. The van der Waals surface area contributed by atoms with Crippen molar-refractivity contribution in [1.82, 2.24) is 10.2 Å². The first-order valence-corrected chi connectivity index (χ1v) is 5.01. The number of urea groups is 1. The number of nitrogens with zero attached hydrogens (tertiary/aromatic N) is 1. The summed E-state index contributed by atoms with van der Waals surface area (Å²) in [7, 11) is 0. The van der Waals surface area contributed by atoms with E-state index in [1.54, 1.807) is 0 Å². The molecule has 0 saturated carbocycles. The van der Waals surface area contributed by atoms with Crippen molar-refractivity contribution in [3.63, 3.8) is 0 Å². The second-order valence-corrected chi connectivity index (χ2v) is 3.92. The number of carbonyl (C=O) groups is 2. The van der Waals surface area contributed by atoms with E-state index in [-0.39, 0.29) is 13.1 Å². The van der Waals surface area contributed by atoms with Crippen LogP contribution in [0.25, 0.3) is 0 Å². The summed E-state index contributed by atoms with van der Waals surface area (Å²) < 4.78 is 38.4. The van der Waals surface area contributed by atoms with Gasteiger partial charge in [0, 0.05) is 13.1 Å². The number of halogens is 3. The molecule has 18 heavy (non-hydrogen) atoms. The molecule has 0 aromatic rings. The monoisotopic (exact) mass is 264 g/mol. The van der Waals surface area contributed by atoms with Crippen LogP contribution in [0.2, 0.25) is 0 Å². The van der Waals surface area contributed by atoms with Gasteiger partial charge in [-0.2, -0.15) is 13.2 Å². The molecule has 1 unspecified atom stereocenters. The predicted molar refractivity (Wildman–Crippen MR) is 54.5 cm³/mol. The number of aliphatic carboxylic acids is 1. The number of hydrogen-bond donors (Lipinski definition) is 2. The molecule has 0 spiro atoms. The quantitative estimate of drug-likeness (QED) is 0.720. The molecule has 1 fully saturated rings. The summed E-state index contributed by atoms with van der Waals surface area (Å²) in [6.45, 7) is -1.30. The van der Waals surface area contributed by atoms with Gasteiger partial charge in [-0.05, 0) is 6.42 Å². The first-order valence-electron chi connectivity index (χ1n) is 5.01. The molecule has 1 aliphatic heterocycles. The fourth-order valence-electron chi connectivity index (χ4n) is 1.75. The minimum atomic E-state index is -4.90. The lowest BCUT2D eigenvalue weighted by molar-refractivity contribution is -0.226. The maximum Gasteiger partial charge on any atom is 0.406 e. The second-order valence-electron chi connectivity index (χ2n) is 3.92. The summed E-state index contributed by atoms with van der Waals surface area (Å²) in [5.74, 6) is 0.129. The van der Waals surface area contributed by atoms with Gasteiger partial charge in [-0.3, -0.25) is 4.79 Å². The Morgan fingerprint density at radius 2 is 2.11 bits per heavy atom. The lowest BCUT2D eigenvalue weighted by atomic mass is 9.86. The number of rotatable bonds is 2. The Hall–Kier alpha value is -1.91. The first-order chi connectivity index (χ1) is 8.24. The summed E-state index contributed by atoms with van der Waals surface area (Å²) in [5.41, 5.74) is -2.89. The highest BCUT2D eigenvalue weighted by molar-refractivity contribution is 5.80. The van der Waals surface area contributed by atoms with Gasteiger partial charge < -0.3 is 15.3 Å². The van der Waals surface area contributed by atoms with Crippen LogP contribution in [0.1, 0.15) is 6.42 Å². The number of carbonyl (C=O) groups excluding carboxylic acids is 1. The number of alkyl halides is 3. The van der Waals surface area contributed by atoms with Crippen LogP contribution in [0.15, 0.2) is 0 Å². The standard InChI is InChI=1S/C10H11F3N2O3/c1-2-4-14-8(18)15-5-3-9(6-15,7(16)17)10(11,12)13/h1H,3-6H2,(H,14,18)(H,16,17). The van der Waals surface area contributed by atoms with E-state index in [1.807, 2.05) is 0 Å². The zero-order valence-corrected chi connectivity index (χ0v) is 9.25. The van der Waals surface area contributed by atoms with Gasteiger partial charge in [0.25, 0.3) is 0 Å². The van der Waals surface area contributed by atoms with Gasteiger partial charge in [-0.1, -0.05) is 5.92 Å². The molecule has 100 valence electrons. The molecule has 1 rings (SSSR count). The molecule has 0 aliphatic carbocycles. The van der Waals surface area contributed by atoms with Gasteiger partial charge >= 0.3 is 18.2 Å². The van der Waals surface area contributed by atoms with Crippen molar-refractivity contribution < 1.29 is 27.9 Å². The normalized spacial score (nSPS) is 23.6. The highest BCUT2D eigenvalue weighted by atomic mass is 19.4. The van der Waals surface area contributed by atoms with E-state index in [4.69, 9.17) is 11.5 Å². The third-order valence-corrected chi connectivity index (χ3v) is 2.85. The average Bonchev–Trinajstić information content (AvgIpc) is 2.71. The highest BCUT2D eigenvalue weighted by Crippen LogP contribution is 2.45. The third kappa shape index (κ3) is 2.34. The van der Waals surface area contributed by atoms with Crippen molar-refractivity contribution >= 4 is 12.0 Å². The minimum absolute atomic E-state index is 0.124. The summed E-state index contributed by atoms with van der Waals surface area (Å²) in [4.78, 5) is 23.0. The summed E-state index contributed by atoms with van der Waals surface area (Å²) in [6.07, 6.45) is -0.671. The largest absolute Gasteiger partial charge is 0.481 e. The number of carboxylic acids is 1. The van der Waals surface area contributed by atoms with Gasteiger partial charge in [0.15, 0.2) is 5.41 Å². The Balaban J connectivity index is 2.82. The number of terminal acetylenes is 1. The molecule has 8 heteroatoms. The number of likely N-dealkylation sites (tertiary alicyclic amines) is 1. The van der Waals surface area contributed by atoms with E-state index in [0.717, 1.165) is 4.90 Å². The van der Waals surface area contributed by atoms with Crippen molar-refractivity contribution in [2.45, 2.75) is 12.6 Å². The molecular weight excluding hydrogens is 253 g/mol. The van der Waals surface area contributed by atoms with E-state index in [1.165, 1.54) is 0 Å². The molecule has 2 amide bonds. The van der Waals surface area contributed by atoms with E-state index < -0.39 is 36.6 Å².